The lowest BCUT2D eigenvalue weighted by Crippen LogP contribution is -2.32. The molecule has 0 aromatic carbocycles. The third-order valence-corrected chi connectivity index (χ3v) is 2.43. The number of aromatic nitrogens is 2. The van der Waals surface area contributed by atoms with Crippen LogP contribution in [-0.4, -0.2) is 21.9 Å². The molecule has 70 valence electrons. The first-order valence-corrected chi connectivity index (χ1v) is 4.65. The second-order valence-corrected chi connectivity index (χ2v) is 3.42. The first-order valence-electron chi connectivity index (χ1n) is 4.65. The van der Waals surface area contributed by atoms with Crippen molar-refractivity contribution in [2.75, 3.05) is 0 Å². The van der Waals surface area contributed by atoms with Gasteiger partial charge < -0.3 is 10.3 Å². The molecule has 1 heterocycles. The minimum absolute atomic E-state index is 0.0376. The normalized spacial score (nSPS) is 17.5. The number of nitrogens with zero attached hydrogens (tertiary/aromatic N) is 1. The van der Waals surface area contributed by atoms with Crippen LogP contribution in [-0.2, 0) is 0 Å². The number of carbonyl (C=O) groups excluding carboxylic acids is 1. The van der Waals surface area contributed by atoms with Crippen LogP contribution in [0, 0.1) is 0 Å². The van der Waals surface area contributed by atoms with Crippen molar-refractivity contribution in [2.24, 2.45) is 0 Å². The van der Waals surface area contributed by atoms with Gasteiger partial charge >= 0.3 is 0 Å². The van der Waals surface area contributed by atoms with E-state index in [1.807, 2.05) is 0 Å². The second-order valence-electron chi connectivity index (χ2n) is 3.42. The maximum Gasteiger partial charge on any atom is 0.269 e. The molecule has 2 N–H and O–H groups in total. The monoisotopic (exact) mass is 179 g/mol. The summed E-state index contributed by atoms with van der Waals surface area (Å²) in [6.45, 7) is 0. The number of H-pyrrole nitrogens is 1. The molecule has 1 aliphatic carbocycles. The van der Waals surface area contributed by atoms with E-state index in [4.69, 9.17) is 0 Å². The summed E-state index contributed by atoms with van der Waals surface area (Å²) in [5.41, 5.74) is 0.548. The Hall–Kier alpha value is -1.32. The summed E-state index contributed by atoms with van der Waals surface area (Å²) in [5.74, 6) is -0.0376. The van der Waals surface area contributed by atoms with Crippen LogP contribution in [0.3, 0.4) is 0 Å². The zero-order valence-electron chi connectivity index (χ0n) is 7.42. The number of hydrogen-bond donors (Lipinski definition) is 2. The predicted octanol–water partition coefficient (Wildman–Crippen LogP) is 1.08. The topological polar surface area (TPSA) is 57.8 Å². The van der Waals surface area contributed by atoms with Crippen LogP contribution < -0.4 is 5.32 Å². The quantitative estimate of drug-likeness (QED) is 0.713. The van der Waals surface area contributed by atoms with Crippen LogP contribution >= 0.6 is 0 Å². The maximum absolute atomic E-state index is 11.5. The van der Waals surface area contributed by atoms with Gasteiger partial charge in [-0.15, -0.1) is 0 Å². The molecule has 0 bridgehead atoms. The fourth-order valence-electron chi connectivity index (χ4n) is 1.71. The van der Waals surface area contributed by atoms with E-state index in [9.17, 15) is 4.79 Å². The molecule has 0 saturated heterocycles. The highest BCUT2D eigenvalue weighted by molar-refractivity contribution is 5.92. The van der Waals surface area contributed by atoms with Gasteiger partial charge in [0.15, 0.2) is 0 Å². The van der Waals surface area contributed by atoms with Crippen molar-refractivity contribution in [1.29, 1.82) is 0 Å². The summed E-state index contributed by atoms with van der Waals surface area (Å²) in [6.07, 6.45) is 7.75. The molecule has 0 spiro atoms. The van der Waals surface area contributed by atoms with Gasteiger partial charge in [0.25, 0.3) is 5.91 Å². The molecule has 2 rings (SSSR count). The van der Waals surface area contributed by atoms with E-state index >= 15 is 0 Å². The molecule has 0 unspecified atom stereocenters. The first kappa shape index (κ1) is 8.29. The molecule has 1 aliphatic rings. The molecule has 4 heteroatoms. The molecular formula is C9H13N3O. The van der Waals surface area contributed by atoms with Crippen molar-refractivity contribution in [3.05, 3.63) is 18.2 Å². The zero-order chi connectivity index (χ0) is 9.10. The van der Waals surface area contributed by atoms with Crippen LogP contribution in [0.25, 0.3) is 0 Å². The van der Waals surface area contributed by atoms with Crippen molar-refractivity contribution >= 4 is 5.91 Å². The lowest BCUT2D eigenvalue weighted by atomic mass is 10.2. The van der Waals surface area contributed by atoms with E-state index in [0.717, 1.165) is 12.8 Å². The van der Waals surface area contributed by atoms with Crippen LogP contribution in [0.15, 0.2) is 12.5 Å². The van der Waals surface area contributed by atoms with Gasteiger partial charge in [-0.1, -0.05) is 12.8 Å². The Labute approximate surface area is 76.8 Å². The second kappa shape index (κ2) is 3.60. The minimum Gasteiger partial charge on any atom is -0.348 e. The van der Waals surface area contributed by atoms with Crippen LogP contribution in [0.2, 0.25) is 0 Å². The van der Waals surface area contributed by atoms with E-state index in [2.05, 4.69) is 15.3 Å². The molecular weight excluding hydrogens is 166 g/mol. The van der Waals surface area contributed by atoms with Crippen molar-refractivity contribution in [1.82, 2.24) is 15.3 Å². The van der Waals surface area contributed by atoms with E-state index < -0.39 is 0 Å². The molecule has 0 aliphatic heterocycles. The summed E-state index contributed by atoms with van der Waals surface area (Å²) in [5, 5.41) is 2.97. The van der Waals surface area contributed by atoms with Gasteiger partial charge in [0.2, 0.25) is 0 Å². The molecule has 0 atom stereocenters. The Balaban J connectivity index is 1.91. The van der Waals surface area contributed by atoms with Gasteiger partial charge in [0, 0.05) is 6.04 Å². The Morgan fingerprint density at radius 1 is 1.54 bits per heavy atom. The Bertz CT molecular complexity index is 275. The van der Waals surface area contributed by atoms with Gasteiger partial charge in [-0.25, -0.2) is 4.98 Å². The van der Waals surface area contributed by atoms with Gasteiger partial charge in [-0.05, 0) is 12.8 Å². The highest BCUT2D eigenvalue weighted by atomic mass is 16.1. The smallest absolute Gasteiger partial charge is 0.269 e. The molecule has 1 aromatic heterocycles. The SMILES string of the molecule is O=C(NC1CCCC1)c1cnc[nH]1. The van der Waals surface area contributed by atoms with Crippen LogP contribution in [0.5, 0.6) is 0 Å². The summed E-state index contributed by atoms with van der Waals surface area (Å²) in [7, 11) is 0. The Kier molecular flexibility index (Phi) is 2.29. The van der Waals surface area contributed by atoms with Crippen LogP contribution in [0.4, 0.5) is 0 Å². The lowest BCUT2D eigenvalue weighted by molar-refractivity contribution is 0.0933. The number of amides is 1. The predicted molar refractivity (Wildman–Crippen MR) is 48.3 cm³/mol. The Morgan fingerprint density at radius 2 is 2.31 bits per heavy atom. The molecule has 1 fully saturated rings. The molecule has 0 radical (unpaired) electrons. The van der Waals surface area contributed by atoms with E-state index in [-0.39, 0.29) is 5.91 Å². The number of rotatable bonds is 2. The largest absolute Gasteiger partial charge is 0.348 e. The average Bonchev–Trinajstić information content (AvgIpc) is 2.74. The zero-order valence-corrected chi connectivity index (χ0v) is 7.42. The third-order valence-electron chi connectivity index (χ3n) is 2.43. The maximum atomic E-state index is 11.5. The van der Waals surface area contributed by atoms with Gasteiger partial charge in [-0.2, -0.15) is 0 Å². The van der Waals surface area contributed by atoms with Crippen molar-refractivity contribution in [2.45, 2.75) is 31.7 Å². The number of nitrogens with one attached hydrogen (secondary N) is 2. The molecule has 1 aromatic rings. The average molecular weight is 179 g/mol. The summed E-state index contributed by atoms with van der Waals surface area (Å²) in [4.78, 5) is 18.1. The first-order chi connectivity index (χ1) is 6.36. The van der Waals surface area contributed by atoms with Gasteiger partial charge in [0.05, 0.1) is 12.5 Å². The van der Waals surface area contributed by atoms with E-state index in [1.54, 1.807) is 6.20 Å². The third kappa shape index (κ3) is 1.88. The van der Waals surface area contributed by atoms with Crippen molar-refractivity contribution in [3.63, 3.8) is 0 Å². The van der Waals surface area contributed by atoms with Crippen molar-refractivity contribution < 1.29 is 4.79 Å². The van der Waals surface area contributed by atoms with Crippen LogP contribution in [0.1, 0.15) is 36.2 Å². The van der Waals surface area contributed by atoms with Gasteiger partial charge in [-0.3, -0.25) is 4.79 Å². The number of hydrogen-bond acceptors (Lipinski definition) is 2. The fourth-order valence-corrected chi connectivity index (χ4v) is 1.71. The summed E-state index contributed by atoms with van der Waals surface area (Å²) >= 11 is 0. The molecule has 1 saturated carbocycles. The Morgan fingerprint density at radius 3 is 2.92 bits per heavy atom. The number of carbonyl (C=O) groups is 1. The van der Waals surface area contributed by atoms with Gasteiger partial charge in [0.1, 0.15) is 5.69 Å². The lowest BCUT2D eigenvalue weighted by Gasteiger charge is -2.09. The molecule has 1 amide bonds. The van der Waals surface area contributed by atoms with Crippen molar-refractivity contribution in [3.8, 4) is 0 Å². The fraction of sp³-hybridized carbons (Fsp3) is 0.556. The highest BCUT2D eigenvalue weighted by Gasteiger charge is 2.18. The molecule has 13 heavy (non-hydrogen) atoms. The molecule has 4 nitrogen and oxygen atoms in total. The number of imidazole rings is 1. The minimum atomic E-state index is -0.0376. The standard InChI is InChI=1S/C9H13N3O/c13-9(8-5-10-6-11-8)12-7-3-1-2-4-7/h5-7H,1-4H2,(H,10,11)(H,12,13). The summed E-state index contributed by atoms with van der Waals surface area (Å²) in [6, 6.07) is 0.371. The van der Waals surface area contributed by atoms with E-state index in [1.165, 1.54) is 19.2 Å². The highest BCUT2D eigenvalue weighted by Crippen LogP contribution is 2.17. The summed E-state index contributed by atoms with van der Waals surface area (Å²) < 4.78 is 0. The van der Waals surface area contributed by atoms with E-state index in [0.29, 0.717) is 11.7 Å². The number of aromatic amines is 1.